The summed E-state index contributed by atoms with van der Waals surface area (Å²) in [6.45, 7) is 14.0. The molecule has 4 heteroatoms. The molecule has 1 aromatic heterocycles. The number of hydrogen-bond acceptors (Lipinski definition) is 3. The molecule has 0 saturated heterocycles. The van der Waals surface area contributed by atoms with Crippen LogP contribution < -0.4 is 5.73 Å². The summed E-state index contributed by atoms with van der Waals surface area (Å²) in [5, 5.41) is 0. The molecule has 0 fully saturated rings. The predicted octanol–water partition coefficient (Wildman–Crippen LogP) is 3.75. The molecule has 1 atom stereocenters. The predicted molar refractivity (Wildman–Crippen MR) is 101 cm³/mol. The van der Waals surface area contributed by atoms with E-state index in [2.05, 4.69) is 51.4 Å². The van der Waals surface area contributed by atoms with Gasteiger partial charge in [0.15, 0.2) is 0 Å². The van der Waals surface area contributed by atoms with Crippen LogP contribution in [0, 0.1) is 5.92 Å². The molecular weight excluding hydrogens is 298 g/mol. The highest BCUT2D eigenvalue weighted by Crippen LogP contribution is 2.34. The van der Waals surface area contributed by atoms with Crippen LogP contribution in [0.25, 0.3) is 0 Å². The monoisotopic (exact) mass is 333 g/mol. The molecule has 0 aliphatic carbocycles. The van der Waals surface area contributed by atoms with Crippen molar-refractivity contribution in [2.75, 3.05) is 6.54 Å². The molecule has 1 aromatic rings. The van der Waals surface area contributed by atoms with Gasteiger partial charge in [0, 0.05) is 24.8 Å². The molecule has 1 rings (SSSR count). The van der Waals surface area contributed by atoms with Crippen molar-refractivity contribution in [3.05, 3.63) is 30.1 Å². The van der Waals surface area contributed by atoms with Crippen molar-refractivity contribution < 1.29 is 4.79 Å². The van der Waals surface area contributed by atoms with Gasteiger partial charge in [-0.2, -0.15) is 0 Å². The number of nitrogens with two attached hydrogens (primary N) is 1. The smallest absolute Gasteiger partial charge is 0.229 e. The van der Waals surface area contributed by atoms with E-state index in [0.29, 0.717) is 24.4 Å². The molecule has 0 saturated carbocycles. The van der Waals surface area contributed by atoms with Gasteiger partial charge in [-0.15, -0.1) is 0 Å². The number of carbonyl (C=O) groups excluding carboxylic acids is 1. The van der Waals surface area contributed by atoms with Crippen molar-refractivity contribution in [2.24, 2.45) is 11.7 Å². The Labute approximate surface area is 147 Å². The first-order valence-electron chi connectivity index (χ1n) is 9.18. The second-order valence-electron chi connectivity index (χ2n) is 7.77. The van der Waals surface area contributed by atoms with Crippen molar-refractivity contribution >= 4 is 5.91 Å². The average molecular weight is 334 g/mol. The highest BCUT2D eigenvalue weighted by atomic mass is 16.1. The summed E-state index contributed by atoms with van der Waals surface area (Å²) in [6.07, 6.45) is 4.18. The summed E-state index contributed by atoms with van der Waals surface area (Å²) in [7, 11) is 0. The van der Waals surface area contributed by atoms with Crippen LogP contribution >= 0.6 is 0 Å². The third kappa shape index (κ3) is 5.30. The maximum atomic E-state index is 12.6. The maximum Gasteiger partial charge on any atom is 0.229 e. The summed E-state index contributed by atoms with van der Waals surface area (Å²) >= 11 is 0. The zero-order valence-corrected chi connectivity index (χ0v) is 16.2. The number of pyridine rings is 1. The molecule has 0 radical (unpaired) electrons. The third-order valence-corrected chi connectivity index (χ3v) is 4.90. The van der Waals surface area contributed by atoms with Gasteiger partial charge in [0.2, 0.25) is 5.91 Å². The van der Waals surface area contributed by atoms with Crippen LogP contribution in [-0.4, -0.2) is 34.4 Å². The number of primary amides is 1. The van der Waals surface area contributed by atoms with Crippen molar-refractivity contribution in [2.45, 2.75) is 78.3 Å². The molecule has 24 heavy (non-hydrogen) atoms. The quantitative estimate of drug-likeness (QED) is 0.709. The van der Waals surface area contributed by atoms with Crippen LogP contribution in [0.2, 0.25) is 0 Å². The summed E-state index contributed by atoms with van der Waals surface area (Å²) in [5.41, 5.74) is 6.05. The number of nitrogens with zero attached hydrogens (tertiary/aromatic N) is 2. The minimum atomic E-state index is -0.687. The Hall–Kier alpha value is -1.42. The molecule has 0 aliphatic rings. The maximum absolute atomic E-state index is 12.6. The Balaban J connectivity index is 3.13. The van der Waals surface area contributed by atoms with E-state index < -0.39 is 5.41 Å². The summed E-state index contributed by atoms with van der Waals surface area (Å²) in [6, 6.07) is 6.64. The van der Waals surface area contributed by atoms with E-state index in [4.69, 9.17) is 5.73 Å². The van der Waals surface area contributed by atoms with Gasteiger partial charge >= 0.3 is 0 Å². The van der Waals surface area contributed by atoms with Crippen LogP contribution in [0.4, 0.5) is 0 Å². The number of hydrogen-bond donors (Lipinski definition) is 1. The third-order valence-electron chi connectivity index (χ3n) is 4.90. The number of aromatic nitrogens is 1. The molecule has 0 aromatic carbocycles. The molecule has 2 N–H and O–H groups in total. The van der Waals surface area contributed by atoms with E-state index in [9.17, 15) is 4.79 Å². The highest BCUT2D eigenvalue weighted by Gasteiger charge is 2.40. The zero-order valence-electron chi connectivity index (χ0n) is 16.2. The van der Waals surface area contributed by atoms with Gasteiger partial charge in [-0.25, -0.2) is 0 Å². The second kappa shape index (κ2) is 9.16. The van der Waals surface area contributed by atoms with Crippen LogP contribution in [-0.2, 0) is 10.2 Å². The molecule has 1 heterocycles. The van der Waals surface area contributed by atoms with Crippen molar-refractivity contribution in [3.8, 4) is 0 Å². The van der Waals surface area contributed by atoms with E-state index in [1.165, 1.54) is 0 Å². The number of rotatable bonds is 10. The summed E-state index contributed by atoms with van der Waals surface area (Å²) in [4.78, 5) is 19.5. The Morgan fingerprint density at radius 2 is 1.75 bits per heavy atom. The lowest BCUT2D eigenvalue weighted by atomic mass is 9.74. The first-order valence-corrected chi connectivity index (χ1v) is 9.18. The standard InChI is InChI=1S/C20H35N3O/c1-15(2)10-11-20(19(21)24,18-9-7-8-13-22-18)12-14-23(16(3)4)17(5)6/h7-9,13,15-17H,10-12,14H2,1-6H3,(H2,21,24)/t20-/m0/s1. The van der Waals surface area contributed by atoms with E-state index in [-0.39, 0.29) is 5.91 Å². The topological polar surface area (TPSA) is 59.2 Å². The largest absolute Gasteiger partial charge is 0.369 e. The van der Waals surface area contributed by atoms with Crippen LogP contribution in [0.15, 0.2) is 24.4 Å². The number of carbonyl (C=O) groups is 1. The van der Waals surface area contributed by atoms with Gasteiger partial charge in [0.25, 0.3) is 0 Å². The first-order chi connectivity index (χ1) is 11.2. The molecule has 0 bridgehead atoms. The molecule has 0 aliphatic heterocycles. The van der Waals surface area contributed by atoms with Gasteiger partial charge in [0.1, 0.15) is 0 Å². The summed E-state index contributed by atoms with van der Waals surface area (Å²) in [5.74, 6) is 0.271. The van der Waals surface area contributed by atoms with E-state index in [1.807, 2.05) is 18.2 Å². The average Bonchev–Trinajstić information content (AvgIpc) is 2.50. The Kier molecular flexibility index (Phi) is 7.88. The Morgan fingerprint density at radius 3 is 2.17 bits per heavy atom. The lowest BCUT2D eigenvalue weighted by molar-refractivity contribution is -0.124. The normalized spacial score (nSPS) is 14.6. The molecule has 4 nitrogen and oxygen atoms in total. The molecule has 1 amide bonds. The first kappa shape index (κ1) is 20.6. The minimum absolute atomic E-state index is 0.255. The summed E-state index contributed by atoms with van der Waals surface area (Å²) < 4.78 is 0. The Morgan fingerprint density at radius 1 is 1.12 bits per heavy atom. The van der Waals surface area contributed by atoms with Crippen molar-refractivity contribution in [3.63, 3.8) is 0 Å². The lowest BCUT2D eigenvalue weighted by Gasteiger charge is -2.36. The van der Waals surface area contributed by atoms with E-state index in [1.54, 1.807) is 6.20 Å². The fourth-order valence-electron chi connectivity index (χ4n) is 3.37. The zero-order chi connectivity index (χ0) is 18.3. The molecule has 0 spiro atoms. The van der Waals surface area contributed by atoms with Gasteiger partial charge in [-0.3, -0.25) is 14.7 Å². The van der Waals surface area contributed by atoms with Crippen molar-refractivity contribution in [1.82, 2.24) is 9.88 Å². The van der Waals surface area contributed by atoms with Crippen molar-refractivity contribution in [1.29, 1.82) is 0 Å². The van der Waals surface area contributed by atoms with Gasteiger partial charge in [-0.1, -0.05) is 19.9 Å². The van der Waals surface area contributed by atoms with Crippen LogP contribution in [0.3, 0.4) is 0 Å². The van der Waals surface area contributed by atoms with Gasteiger partial charge < -0.3 is 5.73 Å². The Bertz CT molecular complexity index is 491. The number of amides is 1. The lowest BCUT2D eigenvalue weighted by Crippen LogP contribution is -2.47. The highest BCUT2D eigenvalue weighted by molar-refractivity contribution is 5.86. The van der Waals surface area contributed by atoms with Crippen LogP contribution in [0.1, 0.15) is 66.5 Å². The van der Waals surface area contributed by atoms with Gasteiger partial charge in [-0.05, 0) is 65.0 Å². The van der Waals surface area contributed by atoms with E-state index in [0.717, 1.165) is 25.1 Å². The fourth-order valence-corrected chi connectivity index (χ4v) is 3.37. The fraction of sp³-hybridized carbons (Fsp3) is 0.700. The molecule has 136 valence electrons. The van der Waals surface area contributed by atoms with Crippen LogP contribution in [0.5, 0.6) is 0 Å². The molecular formula is C20H35N3O. The van der Waals surface area contributed by atoms with Gasteiger partial charge in [0.05, 0.1) is 11.1 Å². The second-order valence-corrected chi connectivity index (χ2v) is 7.77. The van der Waals surface area contributed by atoms with E-state index >= 15 is 0 Å². The minimum Gasteiger partial charge on any atom is -0.369 e. The SMILES string of the molecule is CC(C)CC[C@@](CCN(C(C)C)C(C)C)(C(N)=O)c1ccccn1. The molecule has 0 unspecified atom stereocenters.